The molecule has 0 radical (unpaired) electrons. The van der Waals surface area contributed by atoms with Crippen molar-refractivity contribution in [2.75, 3.05) is 23.6 Å². The molecule has 0 spiro atoms. The van der Waals surface area contributed by atoms with E-state index in [2.05, 4.69) is 10.0 Å². The van der Waals surface area contributed by atoms with E-state index in [-0.39, 0.29) is 5.75 Å². The third-order valence-corrected chi connectivity index (χ3v) is 5.22. The van der Waals surface area contributed by atoms with Crippen LogP contribution in [0, 0.1) is 19.8 Å². The molecule has 1 aliphatic heterocycles. The highest BCUT2D eigenvalue weighted by Crippen LogP contribution is 2.20. The fraction of sp³-hybridized carbons (Fsp3) is 0.600. The molecule has 1 aromatic rings. The van der Waals surface area contributed by atoms with Gasteiger partial charge in [-0.15, -0.1) is 0 Å². The quantitative estimate of drug-likeness (QED) is 0.877. The number of nitrogens with one attached hydrogen (secondary N) is 2. The van der Waals surface area contributed by atoms with E-state index in [9.17, 15) is 8.42 Å². The minimum absolute atomic E-state index is 0.213. The van der Waals surface area contributed by atoms with Crippen molar-refractivity contribution in [3.8, 4) is 0 Å². The number of hydrogen-bond donors (Lipinski definition) is 2. The number of aryl methyl sites for hydroxylation is 2. The lowest BCUT2D eigenvalue weighted by Gasteiger charge is -2.22. The van der Waals surface area contributed by atoms with Crippen LogP contribution in [0.1, 0.15) is 30.4 Å². The number of hydrogen-bond acceptors (Lipinski definition) is 3. The van der Waals surface area contributed by atoms with Gasteiger partial charge in [0.15, 0.2) is 0 Å². The molecule has 20 heavy (non-hydrogen) atoms. The molecule has 0 bridgehead atoms. The summed E-state index contributed by atoms with van der Waals surface area (Å²) in [6, 6.07) is 5.82. The Morgan fingerprint density at radius 3 is 2.65 bits per heavy atom. The SMILES string of the molecule is Cc1ccc(C)c(NS(=O)(=O)CCC2CCNCC2)c1. The lowest BCUT2D eigenvalue weighted by atomic mass is 9.96. The van der Waals surface area contributed by atoms with Gasteiger partial charge >= 0.3 is 0 Å². The Labute approximate surface area is 122 Å². The van der Waals surface area contributed by atoms with Gasteiger partial charge in [0, 0.05) is 0 Å². The highest BCUT2D eigenvalue weighted by molar-refractivity contribution is 7.92. The largest absolute Gasteiger partial charge is 0.317 e. The molecule has 0 saturated carbocycles. The van der Waals surface area contributed by atoms with Crippen LogP contribution in [0.25, 0.3) is 0 Å². The van der Waals surface area contributed by atoms with Crippen LogP contribution in [0.2, 0.25) is 0 Å². The van der Waals surface area contributed by atoms with Crippen molar-refractivity contribution in [2.24, 2.45) is 5.92 Å². The lowest BCUT2D eigenvalue weighted by Crippen LogP contribution is -2.29. The Balaban J connectivity index is 1.94. The maximum absolute atomic E-state index is 12.2. The Bertz CT molecular complexity index is 549. The fourth-order valence-electron chi connectivity index (χ4n) is 2.56. The van der Waals surface area contributed by atoms with Crippen molar-refractivity contribution in [2.45, 2.75) is 33.1 Å². The zero-order valence-electron chi connectivity index (χ0n) is 12.3. The Morgan fingerprint density at radius 1 is 1.25 bits per heavy atom. The summed E-state index contributed by atoms with van der Waals surface area (Å²) in [5, 5.41) is 3.30. The average Bonchev–Trinajstić information content (AvgIpc) is 2.42. The number of sulfonamides is 1. The van der Waals surface area contributed by atoms with E-state index in [0.29, 0.717) is 11.6 Å². The third kappa shape index (κ3) is 4.49. The van der Waals surface area contributed by atoms with Gasteiger partial charge in [0.1, 0.15) is 0 Å². The van der Waals surface area contributed by atoms with E-state index in [1.807, 2.05) is 32.0 Å². The summed E-state index contributed by atoms with van der Waals surface area (Å²) in [5.41, 5.74) is 2.73. The van der Waals surface area contributed by atoms with Gasteiger partial charge < -0.3 is 5.32 Å². The van der Waals surface area contributed by atoms with E-state index in [4.69, 9.17) is 0 Å². The molecule has 112 valence electrons. The van der Waals surface area contributed by atoms with Gasteiger partial charge in [-0.2, -0.15) is 0 Å². The maximum atomic E-state index is 12.2. The van der Waals surface area contributed by atoms with E-state index in [1.54, 1.807) is 0 Å². The first-order valence-corrected chi connectivity index (χ1v) is 8.90. The van der Waals surface area contributed by atoms with Crippen LogP contribution in [-0.4, -0.2) is 27.3 Å². The summed E-state index contributed by atoms with van der Waals surface area (Å²) in [4.78, 5) is 0. The van der Waals surface area contributed by atoms with Crippen LogP contribution in [-0.2, 0) is 10.0 Å². The standard InChI is InChI=1S/C15H24N2O2S/c1-12-3-4-13(2)15(11-12)17-20(18,19)10-7-14-5-8-16-9-6-14/h3-4,11,14,16-17H,5-10H2,1-2H3. The van der Waals surface area contributed by atoms with E-state index in [0.717, 1.165) is 43.5 Å². The van der Waals surface area contributed by atoms with Gasteiger partial charge in [0.05, 0.1) is 11.4 Å². The average molecular weight is 296 g/mol. The molecule has 2 rings (SSSR count). The zero-order chi connectivity index (χ0) is 14.6. The second-order valence-corrected chi connectivity index (χ2v) is 7.56. The minimum Gasteiger partial charge on any atom is -0.317 e. The van der Waals surface area contributed by atoms with E-state index in [1.165, 1.54) is 0 Å². The first-order chi connectivity index (χ1) is 9.46. The highest BCUT2D eigenvalue weighted by atomic mass is 32.2. The molecule has 0 aromatic heterocycles. The summed E-state index contributed by atoms with van der Waals surface area (Å²) in [6.07, 6.45) is 2.92. The maximum Gasteiger partial charge on any atom is 0.232 e. The van der Waals surface area contributed by atoms with Crippen molar-refractivity contribution in [3.05, 3.63) is 29.3 Å². The van der Waals surface area contributed by atoms with Crippen molar-refractivity contribution >= 4 is 15.7 Å². The number of rotatable bonds is 5. The molecule has 1 fully saturated rings. The summed E-state index contributed by atoms with van der Waals surface area (Å²) < 4.78 is 27.1. The molecule has 1 aliphatic rings. The van der Waals surface area contributed by atoms with Crippen LogP contribution in [0.5, 0.6) is 0 Å². The van der Waals surface area contributed by atoms with Crippen molar-refractivity contribution < 1.29 is 8.42 Å². The predicted octanol–water partition coefficient (Wildman–Crippen LogP) is 2.43. The minimum atomic E-state index is -3.24. The third-order valence-electron chi connectivity index (χ3n) is 3.91. The Kier molecular flexibility index (Phi) is 5.05. The molecule has 1 aromatic carbocycles. The van der Waals surface area contributed by atoms with E-state index < -0.39 is 10.0 Å². The molecule has 0 atom stereocenters. The lowest BCUT2D eigenvalue weighted by molar-refractivity contribution is 0.365. The Morgan fingerprint density at radius 2 is 1.95 bits per heavy atom. The molecule has 4 nitrogen and oxygen atoms in total. The summed E-state index contributed by atoms with van der Waals surface area (Å²) in [6.45, 7) is 5.90. The monoisotopic (exact) mass is 296 g/mol. The van der Waals surface area contributed by atoms with Crippen molar-refractivity contribution in [3.63, 3.8) is 0 Å². The summed E-state index contributed by atoms with van der Waals surface area (Å²) in [7, 11) is -3.24. The van der Waals surface area contributed by atoms with Gasteiger partial charge in [0.2, 0.25) is 10.0 Å². The van der Waals surface area contributed by atoms with Crippen molar-refractivity contribution in [1.29, 1.82) is 0 Å². The molecule has 0 aliphatic carbocycles. The van der Waals surface area contributed by atoms with Crippen LogP contribution < -0.4 is 10.0 Å². The van der Waals surface area contributed by atoms with Gasteiger partial charge in [-0.25, -0.2) is 8.42 Å². The van der Waals surface area contributed by atoms with Gasteiger partial charge in [-0.3, -0.25) is 4.72 Å². The van der Waals surface area contributed by atoms with Crippen LogP contribution in [0.3, 0.4) is 0 Å². The first-order valence-electron chi connectivity index (χ1n) is 7.25. The number of anilines is 1. The first kappa shape index (κ1) is 15.3. The van der Waals surface area contributed by atoms with Gasteiger partial charge in [0.25, 0.3) is 0 Å². The highest BCUT2D eigenvalue weighted by Gasteiger charge is 2.18. The summed E-state index contributed by atoms with van der Waals surface area (Å²) >= 11 is 0. The van der Waals surface area contributed by atoms with Gasteiger partial charge in [-0.05, 0) is 69.3 Å². The molecule has 1 heterocycles. The topological polar surface area (TPSA) is 58.2 Å². The second kappa shape index (κ2) is 6.59. The Hall–Kier alpha value is -1.07. The number of piperidine rings is 1. The second-order valence-electron chi connectivity index (χ2n) is 5.72. The normalized spacial score (nSPS) is 17.1. The van der Waals surface area contributed by atoms with E-state index >= 15 is 0 Å². The van der Waals surface area contributed by atoms with Crippen LogP contribution in [0.4, 0.5) is 5.69 Å². The molecule has 2 N–H and O–H groups in total. The smallest absolute Gasteiger partial charge is 0.232 e. The predicted molar refractivity (Wildman–Crippen MR) is 83.5 cm³/mol. The molecular weight excluding hydrogens is 272 g/mol. The molecular formula is C15H24N2O2S. The van der Waals surface area contributed by atoms with Crippen LogP contribution >= 0.6 is 0 Å². The van der Waals surface area contributed by atoms with Crippen molar-refractivity contribution in [1.82, 2.24) is 5.32 Å². The molecule has 0 amide bonds. The molecule has 5 heteroatoms. The summed E-state index contributed by atoms with van der Waals surface area (Å²) in [5.74, 6) is 0.747. The molecule has 1 saturated heterocycles. The van der Waals surface area contributed by atoms with Crippen LogP contribution in [0.15, 0.2) is 18.2 Å². The fourth-order valence-corrected chi connectivity index (χ4v) is 3.86. The molecule has 0 unspecified atom stereocenters. The number of benzene rings is 1. The zero-order valence-corrected chi connectivity index (χ0v) is 13.1. The van der Waals surface area contributed by atoms with Gasteiger partial charge in [-0.1, -0.05) is 12.1 Å².